The van der Waals surface area contributed by atoms with Crippen LogP contribution < -0.4 is 4.90 Å². The molecule has 5 aromatic rings. The van der Waals surface area contributed by atoms with Crippen LogP contribution in [0.5, 0.6) is 0 Å². The quantitative estimate of drug-likeness (QED) is 0.379. The summed E-state index contributed by atoms with van der Waals surface area (Å²) in [4.78, 5) is 11.0. The van der Waals surface area contributed by atoms with Crippen LogP contribution in [0, 0.1) is 17.1 Å². The number of fused-ring (bicyclic) bond motifs is 2. The van der Waals surface area contributed by atoms with E-state index in [9.17, 15) is 9.65 Å². The summed E-state index contributed by atoms with van der Waals surface area (Å²) in [6.07, 6.45) is 5.63. The van der Waals surface area contributed by atoms with Crippen LogP contribution in [-0.2, 0) is 6.42 Å². The number of rotatable bonds is 3. The van der Waals surface area contributed by atoms with Crippen LogP contribution in [0.15, 0.2) is 61.1 Å². The van der Waals surface area contributed by atoms with Crippen LogP contribution in [0.1, 0.15) is 11.1 Å². The summed E-state index contributed by atoms with van der Waals surface area (Å²) in [5, 5.41) is 21.2. The first kappa shape index (κ1) is 20.3. The van der Waals surface area contributed by atoms with Crippen LogP contribution >= 0.6 is 11.6 Å². The Kier molecular flexibility index (Phi) is 4.71. The number of nitrogens with one attached hydrogen (secondary N) is 1. The second kappa shape index (κ2) is 7.90. The van der Waals surface area contributed by atoms with Gasteiger partial charge in [-0.05, 0) is 47.9 Å². The lowest BCUT2D eigenvalue weighted by Gasteiger charge is -2.23. The monoisotopic (exact) mass is 467 g/mol. The van der Waals surface area contributed by atoms with E-state index < -0.39 is 5.82 Å². The molecule has 2 aromatic carbocycles. The van der Waals surface area contributed by atoms with E-state index in [1.165, 1.54) is 6.07 Å². The zero-order chi connectivity index (χ0) is 23.2. The number of halogens is 2. The molecule has 0 radical (unpaired) electrons. The first-order valence-corrected chi connectivity index (χ1v) is 10.9. The molecule has 3 aromatic heterocycles. The van der Waals surface area contributed by atoms with Crippen molar-refractivity contribution in [3.05, 3.63) is 83.0 Å². The van der Waals surface area contributed by atoms with Crippen molar-refractivity contribution < 1.29 is 4.39 Å². The third kappa shape index (κ3) is 3.26. The molecule has 9 heteroatoms. The molecule has 0 spiro atoms. The average molecular weight is 468 g/mol. The topological polar surface area (TPSA) is 94.4 Å². The van der Waals surface area contributed by atoms with Crippen molar-refractivity contribution in [1.29, 1.82) is 5.26 Å². The Labute approximate surface area is 198 Å². The fourth-order valence-corrected chi connectivity index (χ4v) is 4.54. The first-order valence-electron chi connectivity index (χ1n) is 10.5. The second-order valence-corrected chi connectivity index (χ2v) is 8.36. The van der Waals surface area contributed by atoms with Gasteiger partial charge < -0.3 is 4.90 Å². The Balaban J connectivity index is 1.49. The minimum atomic E-state index is -0.439. The number of nitriles is 1. The molecule has 0 unspecified atom stereocenters. The molecule has 0 saturated carbocycles. The molecule has 1 N–H and O–H groups in total. The van der Waals surface area contributed by atoms with Crippen LogP contribution in [-0.4, -0.2) is 31.9 Å². The predicted molar refractivity (Wildman–Crippen MR) is 127 cm³/mol. The zero-order valence-corrected chi connectivity index (χ0v) is 18.4. The van der Waals surface area contributed by atoms with E-state index in [-0.39, 0.29) is 5.02 Å². The maximum Gasteiger partial charge on any atom is 0.142 e. The zero-order valence-electron chi connectivity index (χ0n) is 17.6. The van der Waals surface area contributed by atoms with Crippen LogP contribution in [0.3, 0.4) is 0 Å². The first-order chi connectivity index (χ1) is 16.6. The van der Waals surface area contributed by atoms with Gasteiger partial charge in [0.1, 0.15) is 17.6 Å². The van der Waals surface area contributed by atoms with E-state index >= 15 is 0 Å². The number of anilines is 2. The Bertz CT molecular complexity index is 1590. The van der Waals surface area contributed by atoms with Crippen molar-refractivity contribution >= 4 is 33.9 Å². The SMILES string of the molecule is N#Cc1cnc2ccc(-c3ccc(-c4cn[nH]n4)nc3)cc2c1N1CCc2cc(F)c(Cl)cc21. The van der Waals surface area contributed by atoms with Crippen molar-refractivity contribution in [2.45, 2.75) is 6.42 Å². The highest BCUT2D eigenvalue weighted by atomic mass is 35.5. The molecule has 34 heavy (non-hydrogen) atoms. The smallest absolute Gasteiger partial charge is 0.142 e. The predicted octanol–water partition coefficient (Wildman–Crippen LogP) is 5.44. The molecule has 0 atom stereocenters. The Morgan fingerprint density at radius 1 is 1.00 bits per heavy atom. The lowest BCUT2D eigenvalue weighted by molar-refractivity contribution is 0.627. The van der Waals surface area contributed by atoms with Crippen molar-refractivity contribution in [3.63, 3.8) is 0 Å². The third-order valence-electron chi connectivity index (χ3n) is 6.02. The molecular formula is C25H15ClFN7. The van der Waals surface area contributed by atoms with Gasteiger partial charge >= 0.3 is 0 Å². The average Bonchev–Trinajstić information content (AvgIpc) is 3.54. The fraction of sp³-hybridized carbons (Fsp3) is 0.0800. The third-order valence-corrected chi connectivity index (χ3v) is 6.31. The van der Waals surface area contributed by atoms with E-state index in [0.29, 0.717) is 29.9 Å². The highest BCUT2D eigenvalue weighted by Gasteiger charge is 2.26. The maximum atomic E-state index is 14.0. The highest BCUT2D eigenvalue weighted by molar-refractivity contribution is 6.31. The number of H-pyrrole nitrogens is 1. The Morgan fingerprint density at radius 3 is 2.65 bits per heavy atom. The van der Waals surface area contributed by atoms with E-state index in [1.54, 1.807) is 24.7 Å². The number of pyridine rings is 2. The molecule has 0 saturated heterocycles. The largest absolute Gasteiger partial charge is 0.339 e. The van der Waals surface area contributed by atoms with E-state index in [1.807, 2.05) is 35.2 Å². The molecule has 7 nitrogen and oxygen atoms in total. The van der Waals surface area contributed by atoms with Gasteiger partial charge in [0.05, 0.1) is 33.7 Å². The fourth-order valence-electron chi connectivity index (χ4n) is 4.39. The molecule has 6 rings (SSSR count). The number of hydrogen-bond donors (Lipinski definition) is 1. The van der Waals surface area contributed by atoms with Gasteiger partial charge in [0.2, 0.25) is 0 Å². The molecule has 164 valence electrons. The summed E-state index contributed by atoms with van der Waals surface area (Å²) in [5.41, 5.74) is 6.82. The van der Waals surface area contributed by atoms with Gasteiger partial charge in [0.15, 0.2) is 0 Å². The summed E-state index contributed by atoms with van der Waals surface area (Å²) < 4.78 is 14.0. The highest BCUT2D eigenvalue weighted by Crippen LogP contribution is 2.42. The van der Waals surface area contributed by atoms with Crippen LogP contribution in [0.4, 0.5) is 15.8 Å². The molecule has 4 heterocycles. The normalized spacial score (nSPS) is 12.7. The van der Waals surface area contributed by atoms with Crippen molar-refractivity contribution in [2.75, 3.05) is 11.4 Å². The van der Waals surface area contributed by atoms with E-state index in [2.05, 4.69) is 31.4 Å². The lowest BCUT2D eigenvalue weighted by atomic mass is 10.0. The lowest BCUT2D eigenvalue weighted by Crippen LogP contribution is -2.15. The number of benzene rings is 2. The van der Waals surface area contributed by atoms with Gasteiger partial charge in [-0.1, -0.05) is 23.7 Å². The van der Waals surface area contributed by atoms with Gasteiger partial charge in [-0.3, -0.25) is 9.97 Å². The summed E-state index contributed by atoms with van der Waals surface area (Å²) in [6.45, 7) is 0.612. The minimum Gasteiger partial charge on any atom is -0.339 e. The van der Waals surface area contributed by atoms with Gasteiger partial charge in [-0.15, -0.1) is 0 Å². The van der Waals surface area contributed by atoms with Gasteiger partial charge in [0.25, 0.3) is 0 Å². The number of hydrogen-bond acceptors (Lipinski definition) is 6. The summed E-state index contributed by atoms with van der Waals surface area (Å²) >= 11 is 6.10. The van der Waals surface area contributed by atoms with Crippen molar-refractivity contribution in [2.24, 2.45) is 0 Å². The minimum absolute atomic E-state index is 0.0569. The number of aromatic nitrogens is 5. The molecular weight excluding hydrogens is 453 g/mol. The van der Waals surface area contributed by atoms with Crippen molar-refractivity contribution in [3.8, 4) is 28.6 Å². The van der Waals surface area contributed by atoms with Gasteiger partial charge in [-0.25, -0.2) is 4.39 Å². The molecule has 0 amide bonds. The summed E-state index contributed by atoms with van der Waals surface area (Å²) in [5.74, 6) is -0.439. The number of aromatic amines is 1. The Hall–Kier alpha value is -4.35. The van der Waals surface area contributed by atoms with Gasteiger partial charge in [0, 0.05) is 35.6 Å². The molecule has 0 fully saturated rings. The second-order valence-electron chi connectivity index (χ2n) is 7.95. The molecule has 1 aliphatic heterocycles. The maximum absolute atomic E-state index is 14.0. The summed E-state index contributed by atoms with van der Waals surface area (Å²) in [7, 11) is 0. The standard InChI is InChI=1S/C25H15ClFN7/c26-19-9-24-15(8-20(19)27)5-6-34(24)25-17(10-28)12-29-21-3-1-14(7-18(21)25)16-2-4-22(30-11-16)23-13-31-33-32-23/h1-4,7-9,11-13H,5-6H2,(H,31,32,33). The van der Waals surface area contributed by atoms with Crippen LogP contribution in [0.2, 0.25) is 5.02 Å². The molecule has 0 bridgehead atoms. The van der Waals surface area contributed by atoms with Crippen LogP contribution in [0.25, 0.3) is 33.4 Å². The van der Waals surface area contributed by atoms with E-state index in [0.717, 1.165) is 39.0 Å². The summed E-state index contributed by atoms with van der Waals surface area (Å²) in [6, 6.07) is 15.1. The molecule has 1 aliphatic rings. The van der Waals surface area contributed by atoms with Gasteiger partial charge in [-0.2, -0.15) is 20.7 Å². The van der Waals surface area contributed by atoms with Crippen molar-refractivity contribution in [1.82, 2.24) is 25.4 Å². The Morgan fingerprint density at radius 2 is 1.88 bits per heavy atom. The van der Waals surface area contributed by atoms with E-state index in [4.69, 9.17) is 11.6 Å². The molecule has 0 aliphatic carbocycles. The number of nitrogens with zero attached hydrogens (tertiary/aromatic N) is 6.